The Balaban J connectivity index is 2.10. The van der Waals surface area contributed by atoms with E-state index in [1.165, 1.54) is 13.0 Å². The number of Topliss-reactive ketones (excluding diaryl/α,β-unsaturated/α-hetero) is 2. The van der Waals surface area contributed by atoms with Gasteiger partial charge in [-0.2, -0.15) is 0 Å². The van der Waals surface area contributed by atoms with Crippen molar-refractivity contribution >= 4 is 17.6 Å². The Bertz CT molecular complexity index is 759. The van der Waals surface area contributed by atoms with E-state index in [4.69, 9.17) is 9.47 Å². The molecular formula is C21H29NO8. The monoisotopic (exact) mass is 423 g/mol. The number of carbonyl (C=O) groups is 2. The molecule has 0 spiro atoms. The van der Waals surface area contributed by atoms with Crippen molar-refractivity contribution in [1.29, 1.82) is 0 Å². The van der Waals surface area contributed by atoms with Gasteiger partial charge in [0, 0.05) is 13.0 Å². The highest BCUT2D eigenvalue weighted by Crippen LogP contribution is 2.25. The molecular weight excluding hydrogens is 394 g/mol. The molecule has 5 unspecified atom stereocenters. The third kappa shape index (κ3) is 6.18. The van der Waals surface area contributed by atoms with E-state index in [9.17, 15) is 30.0 Å². The van der Waals surface area contributed by atoms with Crippen LogP contribution in [0.3, 0.4) is 0 Å². The van der Waals surface area contributed by atoms with Crippen molar-refractivity contribution in [3.63, 3.8) is 0 Å². The highest BCUT2D eigenvalue weighted by Gasteiger charge is 2.44. The van der Waals surface area contributed by atoms with Gasteiger partial charge in [-0.15, -0.1) is 0 Å². The highest BCUT2D eigenvalue weighted by atomic mass is 16.7. The summed E-state index contributed by atoms with van der Waals surface area (Å²) in [5.41, 5.74) is 0.721. The van der Waals surface area contributed by atoms with Gasteiger partial charge in [0.25, 0.3) is 0 Å². The zero-order valence-electron chi connectivity index (χ0n) is 17.3. The lowest BCUT2D eigenvalue weighted by Crippen LogP contribution is -2.60. The zero-order valence-corrected chi connectivity index (χ0v) is 17.3. The molecule has 0 amide bonds. The smallest absolute Gasteiger partial charge is 0.229 e. The Hall–Kier alpha value is -2.14. The summed E-state index contributed by atoms with van der Waals surface area (Å²) in [7, 11) is 3.69. The van der Waals surface area contributed by atoms with E-state index < -0.39 is 37.3 Å². The van der Waals surface area contributed by atoms with Gasteiger partial charge < -0.3 is 34.8 Å². The molecule has 9 heteroatoms. The molecule has 1 heterocycles. The molecule has 30 heavy (non-hydrogen) atoms. The molecule has 0 bridgehead atoms. The van der Waals surface area contributed by atoms with Crippen molar-refractivity contribution in [2.75, 3.05) is 27.2 Å². The number of hydrogen-bond acceptors (Lipinski definition) is 9. The standard InChI is InChI=1S/C21H29NO8/c1-12(24)15(16(25)8-9-22(2)3)10-13-4-6-14(7-5-13)29-21-20(28)19(27)18(26)17(11-23)30-21/h4-7,10,17-21,23,26-28H,8-9,11H2,1-3H3/b15-10-. The van der Waals surface area contributed by atoms with E-state index in [1.807, 2.05) is 19.0 Å². The van der Waals surface area contributed by atoms with Gasteiger partial charge in [0.15, 0.2) is 11.6 Å². The first-order valence-electron chi connectivity index (χ1n) is 9.61. The molecule has 2 rings (SSSR count). The van der Waals surface area contributed by atoms with E-state index in [-0.39, 0.29) is 23.6 Å². The number of ketones is 2. The van der Waals surface area contributed by atoms with E-state index in [0.29, 0.717) is 17.9 Å². The molecule has 1 saturated heterocycles. The first-order valence-corrected chi connectivity index (χ1v) is 9.61. The number of nitrogens with zero attached hydrogens (tertiary/aromatic N) is 1. The van der Waals surface area contributed by atoms with Crippen LogP contribution in [0.4, 0.5) is 0 Å². The maximum Gasteiger partial charge on any atom is 0.229 e. The van der Waals surface area contributed by atoms with Crippen molar-refractivity contribution in [2.24, 2.45) is 0 Å². The molecule has 5 atom stereocenters. The number of rotatable bonds is 9. The van der Waals surface area contributed by atoms with Crippen molar-refractivity contribution in [2.45, 2.75) is 44.1 Å². The Morgan fingerprint density at radius 1 is 1.10 bits per heavy atom. The average molecular weight is 423 g/mol. The summed E-state index contributed by atoms with van der Waals surface area (Å²) in [6.07, 6.45) is -5.12. The summed E-state index contributed by atoms with van der Waals surface area (Å²) in [6.45, 7) is 1.33. The second kappa shape index (κ2) is 10.8. The average Bonchev–Trinajstić information content (AvgIpc) is 2.71. The van der Waals surface area contributed by atoms with E-state index >= 15 is 0 Å². The first-order chi connectivity index (χ1) is 14.1. The Labute approximate surface area is 175 Å². The number of benzene rings is 1. The summed E-state index contributed by atoms with van der Waals surface area (Å²) in [5, 5.41) is 38.9. The van der Waals surface area contributed by atoms with Gasteiger partial charge in [0.1, 0.15) is 30.2 Å². The van der Waals surface area contributed by atoms with Crippen LogP contribution in [0, 0.1) is 0 Å². The summed E-state index contributed by atoms with van der Waals surface area (Å²) in [4.78, 5) is 26.1. The second-order valence-corrected chi connectivity index (χ2v) is 7.47. The lowest BCUT2D eigenvalue weighted by Gasteiger charge is -2.39. The molecule has 1 aromatic carbocycles. The fourth-order valence-corrected chi connectivity index (χ4v) is 2.95. The molecule has 1 fully saturated rings. The van der Waals surface area contributed by atoms with Gasteiger partial charge in [-0.05, 0) is 44.8 Å². The summed E-state index contributed by atoms with van der Waals surface area (Å²) >= 11 is 0. The Morgan fingerprint density at radius 2 is 1.73 bits per heavy atom. The summed E-state index contributed by atoms with van der Waals surface area (Å²) in [5.74, 6) is -0.266. The number of ether oxygens (including phenoxy) is 2. The van der Waals surface area contributed by atoms with Crippen LogP contribution in [0.25, 0.3) is 6.08 Å². The van der Waals surface area contributed by atoms with Crippen LogP contribution < -0.4 is 4.74 Å². The van der Waals surface area contributed by atoms with Crippen LogP contribution in [-0.4, -0.2) is 94.8 Å². The highest BCUT2D eigenvalue weighted by molar-refractivity contribution is 6.22. The maximum absolute atomic E-state index is 12.3. The molecule has 1 aliphatic heterocycles. The van der Waals surface area contributed by atoms with Crippen molar-refractivity contribution in [1.82, 2.24) is 4.90 Å². The lowest BCUT2D eigenvalue weighted by atomic mass is 9.99. The van der Waals surface area contributed by atoms with Crippen LogP contribution in [0.15, 0.2) is 29.8 Å². The predicted molar refractivity (Wildman–Crippen MR) is 108 cm³/mol. The number of hydrogen-bond donors (Lipinski definition) is 4. The molecule has 166 valence electrons. The molecule has 0 aliphatic carbocycles. The van der Waals surface area contributed by atoms with Gasteiger partial charge in [0.2, 0.25) is 6.29 Å². The molecule has 1 aliphatic rings. The fourth-order valence-electron chi connectivity index (χ4n) is 2.95. The van der Waals surface area contributed by atoms with Gasteiger partial charge >= 0.3 is 0 Å². The van der Waals surface area contributed by atoms with Crippen molar-refractivity contribution in [3.8, 4) is 5.75 Å². The molecule has 9 nitrogen and oxygen atoms in total. The van der Waals surface area contributed by atoms with Gasteiger partial charge in [-0.1, -0.05) is 12.1 Å². The normalized spacial score (nSPS) is 27.2. The Morgan fingerprint density at radius 3 is 2.27 bits per heavy atom. The Kier molecular flexibility index (Phi) is 8.65. The minimum Gasteiger partial charge on any atom is -0.462 e. The van der Waals surface area contributed by atoms with Gasteiger partial charge in [0.05, 0.1) is 12.2 Å². The van der Waals surface area contributed by atoms with E-state index in [1.54, 1.807) is 24.3 Å². The van der Waals surface area contributed by atoms with Crippen LogP contribution in [0.2, 0.25) is 0 Å². The molecule has 0 aromatic heterocycles. The molecule has 1 aromatic rings. The maximum atomic E-state index is 12.3. The van der Waals surface area contributed by atoms with E-state index in [0.717, 1.165) is 0 Å². The largest absolute Gasteiger partial charge is 0.462 e. The fraction of sp³-hybridized carbons (Fsp3) is 0.524. The first kappa shape index (κ1) is 24.1. The molecule has 0 radical (unpaired) electrons. The second-order valence-electron chi connectivity index (χ2n) is 7.47. The topological polar surface area (TPSA) is 137 Å². The quantitative estimate of drug-likeness (QED) is 0.232. The SMILES string of the molecule is CC(=O)/C(=C/c1ccc(OC2OC(CO)C(O)C(O)C2O)cc1)C(=O)CCN(C)C. The van der Waals surface area contributed by atoms with Crippen molar-refractivity contribution in [3.05, 3.63) is 35.4 Å². The number of allylic oxidation sites excluding steroid dienone is 1. The summed E-state index contributed by atoms with van der Waals surface area (Å²) < 4.78 is 10.8. The third-order valence-electron chi connectivity index (χ3n) is 4.76. The molecule has 0 saturated carbocycles. The minimum atomic E-state index is -1.53. The third-order valence-corrected chi connectivity index (χ3v) is 4.76. The zero-order chi connectivity index (χ0) is 22.4. The van der Waals surface area contributed by atoms with Crippen molar-refractivity contribution < 1.29 is 39.5 Å². The van der Waals surface area contributed by atoms with Crippen LogP contribution >= 0.6 is 0 Å². The predicted octanol–water partition coefficient (Wildman–Crippen LogP) is -0.641. The number of carbonyl (C=O) groups excluding carboxylic acids is 2. The van der Waals surface area contributed by atoms with Crippen LogP contribution in [0.1, 0.15) is 18.9 Å². The molecule has 4 N–H and O–H groups in total. The van der Waals surface area contributed by atoms with Crippen LogP contribution in [-0.2, 0) is 14.3 Å². The number of aliphatic hydroxyl groups is 4. The van der Waals surface area contributed by atoms with Gasteiger partial charge in [-0.3, -0.25) is 9.59 Å². The summed E-state index contributed by atoms with van der Waals surface area (Å²) in [6, 6.07) is 6.35. The van der Waals surface area contributed by atoms with Gasteiger partial charge in [-0.25, -0.2) is 0 Å². The van der Waals surface area contributed by atoms with Crippen LogP contribution in [0.5, 0.6) is 5.75 Å². The minimum absolute atomic E-state index is 0.111. The lowest BCUT2D eigenvalue weighted by molar-refractivity contribution is -0.277. The number of aliphatic hydroxyl groups excluding tert-OH is 4. The van der Waals surface area contributed by atoms with E-state index in [2.05, 4.69) is 0 Å².